The molecule has 2 atom stereocenters. The Morgan fingerprint density at radius 3 is 2.62 bits per heavy atom. The van der Waals surface area contributed by atoms with Crippen molar-refractivity contribution in [2.75, 3.05) is 13.2 Å². The number of hydrogen-bond donors (Lipinski definition) is 2. The molecule has 1 rings (SSSR count). The van der Waals surface area contributed by atoms with Crippen LogP contribution in [0.3, 0.4) is 0 Å². The van der Waals surface area contributed by atoms with Crippen molar-refractivity contribution in [2.45, 2.75) is 50.7 Å². The summed E-state index contributed by atoms with van der Waals surface area (Å²) in [6.07, 6.45) is -2.05. The summed E-state index contributed by atoms with van der Waals surface area (Å²) in [5, 5.41) is 12.1. The van der Waals surface area contributed by atoms with Crippen molar-refractivity contribution < 1.29 is 18.3 Å². The highest BCUT2D eigenvalue weighted by Gasteiger charge is 2.46. The van der Waals surface area contributed by atoms with Crippen molar-refractivity contribution in [2.24, 2.45) is 5.92 Å². The van der Waals surface area contributed by atoms with Crippen molar-refractivity contribution in [3.63, 3.8) is 0 Å². The van der Waals surface area contributed by atoms with Crippen molar-refractivity contribution in [1.82, 2.24) is 5.32 Å². The topological polar surface area (TPSA) is 32.3 Å². The lowest BCUT2D eigenvalue weighted by atomic mass is 9.73. The Morgan fingerprint density at radius 2 is 2.12 bits per heavy atom. The molecule has 0 bridgehead atoms. The van der Waals surface area contributed by atoms with Gasteiger partial charge in [0.2, 0.25) is 0 Å². The van der Waals surface area contributed by atoms with Gasteiger partial charge in [-0.15, -0.1) is 0 Å². The summed E-state index contributed by atoms with van der Waals surface area (Å²) < 4.78 is 38.0. The molecule has 5 heteroatoms. The minimum Gasteiger partial charge on any atom is -0.396 e. The molecule has 1 saturated carbocycles. The molecule has 1 fully saturated rings. The fourth-order valence-electron chi connectivity index (χ4n) is 2.71. The van der Waals surface area contributed by atoms with Crippen LogP contribution in [0.1, 0.15) is 39.0 Å². The number of aliphatic hydroxyl groups excluding tert-OH is 1. The van der Waals surface area contributed by atoms with Gasteiger partial charge in [-0.05, 0) is 32.2 Å². The van der Waals surface area contributed by atoms with Crippen LogP contribution in [-0.2, 0) is 0 Å². The fourth-order valence-corrected chi connectivity index (χ4v) is 2.71. The zero-order valence-corrected chi connectivity index (χ0v) is 9.61. The van der Waals surface area contributed by atoms with Gasteiger partial charge in [0.1, 0.15) is 0 Å². The van der Waals surface area contributed by atoms with Gasteiger partial charge in [0.15, 0.2) is 0 Å². The monoisotopic (exact) mass is 239 g/mol. The molecular formula is C11H20F3NO. The molecule has 0 amide bonds. The van der Waals surface area contributed by atoms with E-state index in [1.54, 1.807) is 0 Å². The first kappa shape index (κ1) is 13.8. The summed E-state index contributed by atoms with van der Waals surface area (Å²) in [4.78, 5) is 0. The van der Waals surface area contributed by atoms with E-state index in [9.17, 15) is 13.2 Å². The first-order valence-corrected chi connectivity index (χ1v) is 5.86. The van der Waals surface area contributed by atoms with Crippen LogP contribution in [0.15, 0.2) is 0 Å². The number of rotatable bonds is 4. The normalized spacial score (nSPS) is 31.7. The third-order valence-electron chi connectivity index (χ3n) is 3.45. The van der Waals surface area contributed by atoms with Gasteiger partial charge >= 0.3 is 6.18 Å². The Kier molecular flexibility index (Phi) is 4.62. The molecule has 0 aliphatic heterocycles. The predicted octanol–water partition coefficient (Wildman–Crippen LogP) is 2.47. The van der Waals surface area contributed by atoms with Crippen LogP contribution in [0.5, 0.6) is 0 Å². The van der Waals surface area contributed by atoms with Gasteiger partial charge in [-0.1, -0.05) is 13.3 Å². The molecule has 1 aliphatic carbocycles. The number of aliphatic hydroxyl groups is 1. The third kappa shape index (κ3) is 3.35. The number of halogens is 3. The molecule has 16 heavy (non-hydrogen) atoms. The Labute approximate surface area is 94.2 Å². The Bertz CT molecular complexity index is 206. The lowest BCUT2D eigenvalue weighted by Gasteiger charge is -2.42. The number of alkyl halides is 3. The quantitative estimate of drug-likeness (QED) is 0.790. The van der Waals surface area contributed by atoms with Crippen LogP contribution >= 0.6 is 0 Å². The molecule has 0 heterocycles. The molecule has 1 aliphatic rings. The molecule has 0 aromatic heterocycles. The van der Waals surface area contributed by atoms with E-state index in [0.29, 0.717) is 19.4 Å². The van der Waals surface area contributed by atoms with E-state index in [4.69, 9.17) is 5.11 Å². The molecular weight excluding hydrogens is 219 g/mol. The van der Waals surface area contributed by atoms with Crippen molar-refractivity contribution in [3.8, 4) is 0 Å². The van der Waals surface area contributed by atoms with Gasteiger partial charge in [0.25, 0.3) is 0 Å². The fraction of sp³-hybridized carbons (Fsp3) is 1.00. The van der Waals surface area contributed by atoms with E-state index in [1.165, 1.54) is 0 Å². The van der Waals surface area contributed by atoms with Crippen LogP contribution < -0.4 is 5.32 Å². The summed E-state index contributed by atoms with van der Waals surface area (Å²) in [5.74, 6) is -1.22. The largest absolute Gasteiger partial charge is 0.396 e. The standard InChI is InChI=1S/C11H20F3NO/c1-2-15-10(6-7-16)5-3-4-9(8-10)11(12,13)14/h9,15-16H,2-8H2,1H3. The molecule has 0 aromatic carbocycles. The summed E-state index contributed by atoms with van der Waals surface area (Å²) in [6.45, 7) is 2.47. The summed E-state index contributed by atoms with van der Waals surface area (Å²) >= 11 is 0. The lowest BCUT2D eigenvalue weighted by molar-refractivity contribution is -0.189. The van der Waals surface area contributed by atoms with Crippen LogP contribution in [0.4, 0.5) is 13.2 Å². The highest BCUT2D eigenvalue weighted by molar-refractivity contribution is 4.94. The zero-order chi connectivity index (χ0) is 12.2. The smallest absolute Gasteiger partial charge is 0.391 e. The molecule has 2 N–H and O–H groups in total. The second kappa shape index (κ2) is 5.36. The van der Waals surface area contributed by atoms with Gasteiger partial charge in [-0.25, -0.2) is 0 Å². The number of hydrogen-bond acceptors (Lipinski definition) is 2. The highest BCUT2D eigenvalue weighted by atomic mass is 19.4. The Hall–Kier alpha value is -0.290. The minimum absolute atomic E-state index is 0.0580. The van der Waals surface area contributed by atoms with E-state index in [2.05, 4.69) is 5.32 Å². The number of nitrogens with one attached hydrogen (secondary N) is 1. The van der Waals surface area contributed by atoms with Gasteiger partial charge < -0.3 is 10.4 Å². The Morgan fingerprint density at radius 1 is 1.44 bits per heavy atom. The Balaban J connectivity index is 2.70. The van der Waals surface area contributed by atoms with E-state index >= 15 is 0 Å². The molecule has 0 saturated heterocycles. The van der Waals surface area contributed by atoms with Gasteiger partial charge in [0.05, 0.1) is 5.92 Å². The summed E-state index contributed by atoms with van der Waals surface area (Å²) in [6, 6.07) is 0. The second-order valence-corrected chi connectivity index (χ2v) is 4.62. The van der Waals surface area contributed by atoms with Crippen LogP contribution in [0.2, 0.25) is 0 Å². The predicted molar refractivity (Wildman–Crippen MR) is 56.1 cm³/mol. The molecule has 96 valence electrons. The highest BCUT2D eigenvalue weighted by Crippen LogP contribution is 2.42. The first-order valence-electron chi connectivity index (χ1n) is 5.86. The maximum Gasteiger partial charge on any atom is 0.391 e. The van der Waals surface area contributed by atoms with E-state index in [1.807, 2.05) is 6.92 Å². The van der Waals surface area contributed by atoms with Crippen LogP contribution in [-0.4, -0.2) is 30.0 Å². The van der Waals surface area contributed by atoms with Crippen molar-refractivity contribution in [3.05, 3.63) is 0 Å². The maximum atomic E-state index is 12.7. The van der Waals surface area contributed by atoms with Crippen molar-refractivity contribution in [1.29, 1.82) is 0 Å². The van der Waals surface area contributed by atoms with Crippen LogP contribution in [0.25, 0.3) is 0 Å². The molecule has 0 spiro atoms. The SMILES string of the molecule is CCNC1(CCO)CCCC(C(F)(F)F)C1. The molecule has 2 nitrogen and oxygen atoms in total. The van der Waals surface area contributed by atoms with E-state index in [0.717, 1.165) is 6.42 Å². The van der Waals surface area contributed by atoms with Crippen LogP contribution in [0, 0.1) is 5.92 Å². The summed E-state index contributed by atoms with van der Waals surface area (Å²) in [5.41, 5.74) is -0.512. The van der Waals surface area contributed by atoms with E-state index < -0.39 is 17.6 Å². The summed E-state index contributed by atoms with van der Waals surface area (Å²) in [7, 11) is 0. The molecule has 2 unspecified atom stereocenters. The van der Waals surface area contributed by atoms with Gasteiger partial charge in [0, 0.05) is 12.1 Å². The average Bonchev–Trinajstić information content (AvgIpc) is 2.17. The van der Waals surface area contributed by atoms with Gasteiger partial charge in [-0.3, -0.25) is 0 Å². The second-order valence-electron chi connectivity index (χ2n) is 4.62. The van der Waals surface area contributed by atoms with Crippen molar-refractivity contribution >= 4 is 0 Å². The first-order chi connectivity index (χ1) is 7.43. The van der Waals surface area contributed by atoms with E-state index in [-0.39, 0.29) is 19.4 Å². The zero-order valence-electron chi connectivity index (χ0n) is 9.61. The lowest BCUT2D eigenvalue weighted by Crippen LogP contribution is -2.51. The van der Waals surface area contributed by atoms with Gasteiger partial charge in [-0.2, -0.15) is 13.2 Å². The third-order valence-corrected chi connectivity index (χ3v) is 3.45. The minimum atomic E-state index is -4.10. The molecule has 0 aromatic rings. The maximum absolute atomic E-state index is 12.7. The average molecular weight is 239 g/mol. The molecule has 0 radical (unpaired) electrons.